The largest absolute Gasteiger partial charge is 0.266 e. The van der Waals surface area contributed by atoms with E-state index in [9.17, 15) is 8.78 Å². The molecule has 0 aromatic rings. The van der Waals surface area contributed by atoms with Crippen LogP contribution in [0, 0.1) is 35.5 Å². The van der Waals surface area contributed by atoms with E-state index in [1.165, 1.54) is 64.2 Å². The molecule has 0 heterocycles. The summed E-state index contributed by atoms with van der Waals surface area (Å²) in [6, 6.07) is 0. The third kappa shape index (κ3) is 4.11. The molecule has 4 atom stereocenters. The van der Waals surface area contributed by atoms with Gasteiger partial charge in [-0.05, 0) is 99.4 Å². The van der Waals surface area contributed by atoms with Crippen LogP contribution in [-0.2, 0) is 0 Å². The van der Waals surface area contributed by atoms with Gasteiger partial charge in [0.2, 0.25) is 0 Å². The van der Waals surface area contributed by atoms with E-state index in [4.69, 9.17) is 0 Å². The fourth-order valence-electron chi connectivity index (χ4n) is 5.68. The maximum Gasteiger partial charge on any atom is 0.266 e. The average molecular weight is 310 g/mol. The third-order valence-electron chi connectivity index (χ3n) is 7.09. The van der Waals surface area contributed by atoms with Crippen LogP contribution in [0.4, 0.5) is 8.78 Å². The van der Waals surface area contributed by atoms with E-state index < -0.39 is 6.08 Å². The van der Waals surface area contributed by atoms with Crippen LogP contribution in [0.25, 0.3) is 0 Å². The number of rotatable bonds is 3. The SMILES string of the molecule is CC1CCC(C2CCC3CC(CC=C(F)F)CCC3C2)CC1. The Labute approximate surface area is 134 Å². The number of fused-ring (bicyclic) bond motifs is 1. The molecule has 126 valence electrons. The molecule has 2 heteroatoms. The molecule has 0 nitrogen and oxygen atoms in total. The van der Waals surface area contributed by atoms with Gasteiger partial charge < -0.3 is 0 Å². The summed E-state index contributed by atoms with van der Waals surface area (Å²) >= 11 is 0. The molecule has 3 saturated carbocycles. The summed E-state index contributed by atoms with van der Waals surface area (Å²) in [5, 5.41) is 0. The van der Waals surface area contributed by atoms with Crippen molar-refractivity contribution in [3.05, 3.63) is 12.2 Å². The second-order valence-electron chi connectivity index (χ2n) is 8.52. The zero-order chi connectivity index (χ0) is 15.5. The van der Waals surface area contributed by atoms with Crippen LogP contribution < -0.4 is 0 Å². The number of allylic oxidation sites excluding steroid dienone is 1. The van der Waals surface area contributed by atoms with Crippen molar-refractivity contribution in [1.29, 1.82) is 0 Å². The van der Waals surface area contributed by atoms with Crippen molar-refractivity contribution < 1.29 is 8.78 Å². The molecule has 0 saturated heterocycles. The van der Waals surface area contributed by atoms with Gasteiger partial charge in [-0.1, -0.05) is 19.8 Å². The third-order valence-corrected chi connectivity index (χ3v) is 7.09. The van der Waals surface area contributed by atoms with E-state index in [2.05, 4.69) is 6.92 Å². The predicted molar refractivity (Wildman–Crippen MR) is 87.7 cm³/mol. The summed E-state index contributed by atoms with van der Waals surface area (Å²) in [7, 11) is 0. The van der Waals surface area contributed by atoms with Crippen molar-refractivity contribution in [2.45, 2.75) is 77.6 Å². The Balaban J connectivity index is 1.48. The van der Waals surface area contributed by atoms with Crippen LogP contribution in [0.2, 0.25) is 0 Å². The van der Waals surface area contributed by atoms with E-state index in [0.717, 1.165) is 35.7 Å². The Morgan fingerprint density at radius 1 is 0.773 bits per heavy atom. The fraction of sp³-hybridized carbons (Fsp3) is 0.900. The first-order chi connectivity index (χ1) is 10.6. The molecule has 0 N–H and O–H groups in total. The zero-order valence-electron chi connectivity index (χ0n) is 14.1. The first-order valence-electron chi connectivity index (χ1n) is 9.63. The van der Waals surface area contributed by atoms with E-state index in [-0.39, 0.29) is 0 Å². The van der Waals surface area contributed by atoms with Crippen molar-refractivity contribution in [1.82, 2.24) is 0 Å². The molecule has 0 aliphatic heterocycles. The second kappa shape index (κ2) is 7.45. The fourth-order valence-corrected chi connectivity index (χ4v) is 5.68. The molecule has 3 aliphatic carbocycles. The second-order valence-corrected chi connectivity index (χ2v) is 8.52. The Morgan fingerprint density at radius 3 is 2.00 bits per heavy atom. The van der Waals surface area contributed by atoms with Crippen molar-refractivity contribution in [3.63, 3.8) is 0 Å². The summed E-state index contributed by atoms with van der Waals surface area (Å²) in [6.07, 6.45) is 14.0. The highest BCUT2D eigenvalue weighted by Crippen LogP contribution is 2.49. The van der Waals surface area contributed by atoms with E-state index >= 15 is 0 Å². The lowest BCUT2D eigenvalue weighted by molar-refractivity contribution is 0.0616. The van der Waals surface area contributed by atoms with Gasteiger partial charge in [0, 0.05) is 0 Å². The lowest BCUT2D eigenvalue weighted by Crippen LogP contribution is -2.34. The van der Waals surface area contributed by atoms with Gasteiger partial charge in [-0.2, -0.15) is 8.78 Å². The quantitative estimate of drug-likeness (QED) is 0.536. The molecule has 0 bridgehead atoms. The van der Waals surface area contributed by atoms with Crippen LogP contribution in [0.5, 0.6) is 0 Å². The lowest BCUT2D eigenvalue weighted by atomic mass is 9.61. The highest BCUT2D eigenvalue weighted by molar-refractivity contribution is 4.92. The van der Waals surface area contributed by atoms with E-state index in [1.807, 2.05) is 0 Å². The summed E-state index contributed by atoms with van der Waals surface area (Å²) in [5.74, 6) is 5.20. The van der Waals surface area contributed by atoms with Crippen LogP contribution in [0.1, 0.15) is 77.6 Å². The van der Waals surface area contributed by atoms with Crippen LogP contribution in [0.15, 0.2) is 12.2 Å². The molecule has 0 amide bonds. The van der Waals surface area contributed by atoms with Crippen molar-refractivity contribution in [2.24, 2.45) is 35.5 Å². The van der Waals surface area contributed by atoms with Crippen LogP contribution >= 0.6 is 0 Å². The summed E-state index contributed by atoms with van der Waals surface area (Å²) in [4.78, 5) is 0. The monoisotopic (exact) mass is 310 g/mol. The van der Waals surface area contributed by atoms with E-state index in [1.54, 1.807) is 0 Å². The standard InChI is InChI=1S/C20H32F2/c1-14-2-6-16(7-3-14)18-10-9-17-12-15(5-11-20(21)22)4-8-19(17)13-18/h11,14-19H,2-10,12-13H2,1H3. The minimum absolute atomic E-state index is 0.523. The maximum absolute atomic E-state index is 12.3. The van der Waals surface area contributed by atoms with Gasteiger partial charge in [-0.15, -0.1) is 0 Å². The zero-order valence-corrected chi connectivity index (χ0v) is 14.1. The van der Waals surface area contributed by atoms with Crippen LogP contribution in [-0.4, -0.2) is 0 Å². The van der Waals surface area contributed by atoms with Gasteiger partial charge in [0.25, 0.3) is 6.08 Å². The highest BCUT2D eigenvalue weighted by Gasteiger charge is 2.38. The number of hydrogen-bond donors (Lipinski definition) is 0. The maximum atomic E-state index is 12.3. The lowest BCUT2D eigenvalue weighted by Gasteiger charge is -2.45. The Hall–Kier alpha value is -0.400. The molecule has 3 aliphatic rings. The molecular formula is C20H32F2. The minimum Gasteiger partial charge on any atom is -0.174 e. The first-order valence-corrected chi connectivity index (χ1v) is 9.63. The molecule has 4 unspecified atom stereocenters. The molecule has 0 aromatic carbocycles. The minimum atomic E-state index is -1.49. The number of halogens is 2. The van der Waals surface area contributed by atoms with Gasteiger partial charge in [0.1, 0.15) is 0 Å². The molecule has 3 rings (SSSR count). The van der Waals surface area contributed by atoms with Gasteiger partial charge in [0.15, 0.2) is 0 Å². The van der Waals surface area contributed by atoms with Gasteiger partial charge >= 0.3 is 0 Å². The van der Waals surface area contributed by atoms with E-state index in [0.29, 0.717) is 12.3 Å². The number of hydrogen-bond acceptors (Lipinski definition) is 0. The summed E-state index contributed by atoms with van der Waals surface area (Å²) in [5.41, 5.74) is 0. The van der Waals surface area contributed by atoms with Crippen molar-refractivity contribution >= 4 is 0 Å². The molecule has 0 spiro atoms. The predicted octanol–water partition coefficient (Wildman–Crippen LogP) is 6.82. The summed E-state index contributed by atoms with van der Waals surface area (Å²) < 4.78 is 24.5. The molecule has 22 heavy (non-hydrogen) atoms. The van der Waals surface area contributed by atoms with Gasteiger partial charge in [0.05, 0.1) is 0 Å². The average Bonchev–Trinajstić information content (AvgIpc) is 2.53. The van der Waals surface area contributed by atoms with Crippen LogP contribution in [0.3, 0.4) is 0 Å². The molecule has 0 aromatic heterocycles. The molecule has 3 fully saturated rings. The Bertz CT molecular complexity index is 377. The smallest absolute Gasteiger partial charge is 0.174 e. The summed E-state index contributed by atoms with van der Waals surface area (Å²) in [6.45, 7) is 2.41. The van der Waals surface area contributed by atoms with Crippen molar-refractivity contribution in [3.8, 4) is 0 Å². The topological polar surface area (TPSA) is 0 Å². The first kappa shape index (κ1) is 16.5. The highest BCUT2D eigenvalue weighted by atomic mass is 19.3. The van der Waals surface area contributed by atoms with Gasteiger partial charge in [-0.25, -0.2) is 0 Å². The Morgan fingerprint density at radius 2 is 1.32 bits per heavy atom. The Kier molecular flexibility index (Phi) is 5.57. The van der Waals surface area contributed by atoms with Crippen molar-refractivity contribution in [2.75, 3.05) is 0 Å². The molecular weight excluding hydrogens is 278 g/mol. The molecule has 0 radical (unpaired) electrons. The normalized spacial score (nSPS) is 42.5. The van der Waals surface area contributed by atoms with Gasteiger partial charge in [-0.3, -0.25) is 0 Å².